The first-order chi connectivity index (χ1) is 24.5. The number of hydrogen-bond acceptors (Lipinski definition) is 11. The lowest BCUT2D eigenvalue weighted by Gasteiger charge is -2.38. The fraction of sp³-hybridized carbons (Fsp3) is 0.618. The Bertz CT molecular complexity index is 1900. The maximum Gasteiger partial charge on any atom is 0.287 e. The number of likely N-dealkylation sites (tertiary alicyclic amines) is 1. The van der Waals surface area contributed by atoms with Crippen molar-refractivity contribution in [2.75, 3.05) is 19.1 Å². The number of amides is 4. The number of rotatable bonds is 13. The van der Waals surface area contributed by atoms with Gasteiger partial charge >= 0.3 is 0 Å². The topological polar surface area (TPSA) is 238 Å². The SMILES string of the molecule is CS(=O)(=O)Cc1cnnn1C1CC(C(=O)NC2(C(=O)C(N)=O)CCCCC2)N(C(=O)[C@@H](CC2CCCCC2)NC(=O)c2ccc(S(C)(=O)=O)cc2)C1. The van der Waals surface area contributed by atoms with Crippen molar-refractivity contribution in [3.63, 3.8) is 0 Å². The molecule has 3 atom stereocenters. The maximum absolute atomic E-state index is 14.7. The number of nitrogens with zero attached hydrogens (tertiary/aromatic N) is 4. The monoisotopic (exact) mass is 761 g/mol. The molecule has 4 amide bonds. The Morgan fingerprint density at radius 3 is 2.17 bits per heavy atom. The molecule has 3 fully saturated rings. The van der Waals surface area contributed by atoms with E-state index in [4.69, 9.17) is 5.73 Å². The zero-order valence-corrected chi connectivity index (χ0v) is 31.1. The van der Waals surface area contributed by atoms with Crippen molar-refractivity contribution >= 4 is 49.1 Å². The second-order valence-corrected chi connectivity index (χ2v) is 18.7. The highest BCUT2D eigenvalue weighted by Gasteiger charge is 2.49. The molecule has 1 aliphatic heterocycles. The minimum Gasteiger partial charge on any atom is -0.363 e. The van der Waals surface area contributed by atoms with Crippen LogP contribution in [0.1, 0.15) is 99.1 Å². The lowest BCUT2D eigenvalue weighted by atomic mass is 9.78. The Labute approximate surface area is 303 Å². The van der Waals surface area contributed by atoms with E-state index in [9.17, 15) is 40.8 Å². The van der Waals surface area contributed by atoms with E-state index in [1.165, 1.54) is 40.0 Å². The fourth-order valence-corrected chi connectivity index (χ4v) is 9.19. The number of nitrogens with one attached hydrogen (secondary N) is 2. The zero-order valence-electron chi connectivity index (χ0n) is 29.5. The Morgan fingerprint density at radius 1 is 0.942 bits per heavy atom. The van der Waals surface area contributed by atoms with Crippen molar-refractivity contribution in [3.8, 4) is 0 Å². The Morgan fingerprint density at radius 2 is 1.58 bits per heavy atom. The van der Waals surface area contributed by atoms with Gasteiger partial charge in [0.25, 0.3) is 11.8 Å². The molecule has 1 aromatic heterocycles. The molecular weight excluding hydrogens is 715 g/mol. The summed E-state index contributed by atoms with van der Waals surface area (Å²) < 4.78 is 49.8. The highest BCUT2D eigenvalue weighted by molar-refractivity contribution is 7.90. The quantitative estimate of drug-likeness (QED) is 0.244. The molecule has 284 valence electrons. The number of sulfone groups is 2. The Balaban J connectivity index is 1.48. The van der Waals surface area contributed by atoms with Crippen LogP contribution in [0, 0.1) is 5.92 Å². The van der Waals surface area contributed by atoms with E-state index in [0.29, 0.717) is 12.8 Å². The Hall–Kier alpha value is -4.19. The summed E-state index contributed by atoms with van der Waals surface area (Å²) in [5, 5.41) is 13.7. The number of ketones is 1. The first-order valence-corrected chi connectivity index (χ1v) is 21.6. The summed E-state index contributed by atoms with van der Waals surface area (Å²) in [6, 6.07) is 2.39. The van der Waals surface area contributed by atoms with Gasteiger partial charge in [0, 0.05) is 31.0 Å². The van der Waals surface area contributed by atoms with Crippen molar-refractivity contribution in [2.24, 2.45) is 11.7 Å². The van der Waals surface area contributed by atoms with Gasteiger partial charge in [-0.1, -0.05) is 56.6 Å². The molecule has 2 aliphatic carbocycles. The Kier molecular flexibility index (Phi) is 11.9. The predicted molar refractivity (Wildman–Crippen MR) is 188 cm³/mol. The molecule has 16 nitrogen and oxygen atoms in total. The molecule has 0 bridgehead atoms. The van der Waals surface area contributed by atoms with Crippen molar-refractivity contribution in [1.82, 2.24) is 30.5 Å². The van der Waals surface area contributed by atoms with Crippen LogP contribution in [0.25, 0.3) is 0 Å². The third-order valence-corrected chi connectivity index (χ3v) is 12.4. The molecule has 5 rings (SSSR count). The van der Waals surface area contributed by atoms with Gasteiger partial charge in [-0.3, -0.25) is 24.0 Å². The summed E-state index contributed by atoms with van der Waals surface area (Å²) in [5.74, 6) is -4.20. The number of primary amides is 1. The second-order valence-electron chi connectivity index (χ2n) is 14.5. The van der Waals surface area contributed by atoms with Crippen LogP contribution in [0.15, 0.2) is 35.4 Å². The smallest absolute Gasteiger partial charge is 0.287 e. The van der Waals surface area contributed by atoms with Gasteiger partial charge in [0.2, 0.25) is 17.6 Å². The summed E-state index contributed by atoms with van der Waals surface area (Å²) in [6.45, 7) is -0.0894. The molecule has 2 aromatic rings. The van der Waals surface area contributed by atoms with Crippen molar-refractivity contribution in [1.29, 1.82) is 0 Å². The minimum atomic E-state index is -3.51. The summed E-state index contributed by atoms with van der Waals surface area (Å²) in [7, 11) is -7.02. The lowest BCUT2D eigenvalue weighted by Crippen LogP contribution is -2.62. The highest BCUT2D eigenvalue weighted by atomic mass is 32.2. The number of benzene rings is 1. The largest absolute Gasteiger partial charge is 0.363 e. The summed E-state index contributed by atoms with van der Waals surface area (Å²) in [4.78, 5) is 69.2. The van der Waals surface area contributed by atoms with Crippen LogP contribution >= 0.6 is 0 Å². The number of Topliss-reactive ketones (excluding diaryl/α,β-unsaturated/α-hetero) is 1. The molecule has 4 N–H and O–H groups in total. The lowest BCUT2D eigenvalue weighted by molar-refractivity contribution is -0.145. The van der Waals surface area contributed by atoms with Gasteiger partial charge in [0.15, 0.2) is 19.7 Å². The molecule has 2 unspecified atom stereocenters. The zero-order chi connectivity index (χ0) is 37.8. The fourth-order valence-electron chi connectivity index (χ4n) is 7.82. The average Bonchev–Trinajstić information content (AvgIpc) is 3.74. The van der Waals surface area contributed by atoms with Gasteiger partial charge in [-0.2, -0.15) is 0 Å². The summed E-state index contributed by atoms with van der Waals surface area (Å²) in [5.41, 5.74) is 4.29. The van der Waals surface area contributed by atoms with Gasteiger partial charge in [-0.05, 0) is 49.4 Å². The molecule has 1 saturated heterocycles. The van der Waals surface area contributed by atoms with Crippen molar-refractivity contribution in [3.05, 3.63) is 41.7 Å². The van der Waals surface area contributed by atoms with Gasteiger partial charge in [0.1, 0.15) is 17.6 Å². The molecule has 18 heteroatoms. The molecule has 0 radical (unpaired) electrons. The van der Waals surface area contributed by atoms with E-state index in [-0.39, 0.29) is 60.1 Å². The van der Waals surface area contributed by atoms with Gasteiger partial charge in [0.05, 0.1) is 28.6 Å². The molecule has 2 saturated carbocycles. The minimum absolute atomic E-state index is 0.0183. The molecule has 1 aromatic carbocycles. The van der Waals surface area contributed by atoms with Crippen LogP contribution in [0.3, 0.4) is 0 Å². The van der Waals surface area contributed by atoms with E-state index >= 15 is 0 Å². The predicted octanol–water partition coefficient (Wildman–Crippen LogP) is 1.01. The van der Waals surface area contributed by atoms with Crippen LogP contribution in [-0.4, -0.2) is 103 Å². The highest BCUT2D eigenvalue weighted by Crippen LogP contribution is 2.34. The van der Waals surface area contributed by atoms with E-state index < -0.39 is 72.8 Å². The first-order valence-electron chi connectivity index (χ1n) is 17.6. The van der Waals surface area contributed by atoms with Crippen LogP contribution < -0.4 is 16.4 Å². The van der Waals surface area contributed by atoms with Gasteiger partial charge in [-0.15, -0.1) is 5.10 Å². The van der Waals surface area contributed by atoms with Crippen molar-refractivity contribution in [2.45, 2.75) is 111 Å². The van der Waals surface area contributed by atoms with E-state index in [1.54, 1.807) is 0 Å². The van der Waals surface area contributed by atoms with Crippen molar-refractivity contribution < 1.29 is 40.8 Å². The van der Waals surface area contributed by atoms with Crippen LogP contribution in [-0.2, 0) is 44.6 Å². The first kappa shape index (κ1) is 39.0. The molecule has 0 spiro atoms. The van der Waals surface area contributed by atoms with Crippen LogP contribution in [0.4, 0.5) is 0 Å². The van der Waals surface area contributed by atoms with Gasteiger partial charge in [-0.25, -0.2) is 21.5 Å². The second kappa shape index (κ2) is 15.8. The number of carbonyl (C=O) groups excluding carboxylic acids is 5. The van der Waals surface area contributed by atoms with E-state index in [0.717, 1.165) is 51.0 Å². The number of aromatic nitrogens is 3. The molecule has 52 heavy (non-hydrogen) atoms. The molecule has 2 heterocycles. The molecule has 3 aliphatic rings. The van der Waals surface area contributed by atoms with E-state index in [1.807, 2.05) is 0 Å². The number of nitrogens with two attached hydrogens (primary N) is 1. The normalized spacial score (nSPS) is 21.6. The average molecular weight is 762 g/mol. The standard InChI is InChI=1S/C34H47N7O9S2/c1-51(47,48)21-25-19-36-39-41(25)24-18-28(32(45)38-34(29(42)30(35)43)15-7-4-8-16-34)40(20-24)33(46)27(17-22-9-5-3-6-10-22)37-31(44)23-11-13-26(14-12-23)52(2,49)50/h11-14,19,22,24,27-28H,3-10,15-18,20-21H2,1-2H3,(H2,35,43)(H,37,44)(H,38,45)/t24?,27-,28?/m1/s1. The molecular formula is C34H47N7O9S2. The maximum atomic E-state index is 14.7. The summed E-state index contributed by atoms with van der Waals surface area (Å²) >= 11 is 0. The van der Waals surface area contributed by atoms with E-state index in [2.05, 4.69) is 20.9 Å². The van der Waals surface area contributed by atoms with Gasteiger partial charge < -0.3 is 21.3 Å². The number of hydrogen-bond donors (Lipinski definition) is 3. The number of carbonyl (C=O) groups is 5. The van der Waals surface area contributed by atoms with Crippen LogP contribution in [0.5, 0.6) is 0 Å². The third-order valence-electron chi connectivity index (χ3n) is 10.4. The van der Waals surface area contributed by atoms with Crippen LogP contribution in [0.2, 0.25) is 0 Å². The third kappa shape index (κ3) is 9.23. The summed E-state index contributed by atoms with van der Waals surface area (Å²) in [6.07, 6.45) is 10.7.